The minimum absolute atomic E-state index is 0.00659. The summed E-state index contributed by atoms with van der Waals surface area (Å²) in [6, 6.07) is 1.88. The molecule has 1 saturated carbocycles. The number of nitrogens with zero attached hydrogens (tertiary/aromatic N) is 5. The lowest BCUT2D eigenvalue weighted by Crippen LogP contribution is -2.26. The Balaban J connectivity index is 1.45. The molecule has 178 valence electrons. The summed E-state index contributed by atoms with van der Waals surface area (Å²) in [4.78, 5) is 16.5. The van der Waals surface area contributed by atoms with Crippen LogP contribution in [0.2, 0.25) is 0 Å². The molecule has 1 aliphatic carbocycles. The number of hydrogen-bond donors (Lipinski definition) is 1. The van der Waals surface area contributed by atoms with Crippen molar-refractivity contribution in [3.63, 3.8) is 0 Å². The van der Waals surface area contributed by atoms with E-state index in [1.165, 1.54) is 11.6 Å². The highest BCUT2D eigenvalue weighted by Crippen LogP contribution is 2.42. The Bertz CT molecular complexity index is 1210. The van der Waals surface area contributed by atoms with Crippen molar-refractivity contribution in [3.8, 4) is 0 Å². The smallest absolute Gasteiger partial charge is 0.351 e. The third kappa shape index (κ3) is 4.84. The zero-order chi connectivity index (χ0) is 24.1. The van der Waals surface area contributed by atoms with Crippen molar-refractivity contribution >= 4 is 27.5 Å². The van der Waals surface area contributed by atoms with Crippen molar-refractivity contribution in [1.82, 2.24) is 29.7 Å². The fourth-order valence-electron chi connectivity index (χ4n) is 3.43. The zero-order valence-electron chi connectivity index (χ0n) is 17.1. The van der Waals surface area contributed by atoms with Gasteiger partial charge in [0.05, 0.1) is 4.47 Å². The van der Waals surface area contributed by atoms with Crippen LogP contribution >= 0.6 is 15.9 Å². The molecule has 0 bridgehead atoms. The molecule has 1 fully saturated rings. The third-order valence-corrected chi connectivity index (χ3v) is 5.83. The van der Waals surface area contributed by atoms with Gasteiger partial charge in [-0.15, -0.1) is 0 Å². The van der Waals surface area contributed by atoms with Crippen molar-refractivity contribution in [2.45, 2.75) is 51.0 Å². The van der Waals surface area contributed by atoms with Crippen molar-refractivity contribution in [3.05, 3.63) is 45.1 Å². The molecule has 3 aromatic rings. The number of alkyl halides is 6. The van der Waals surface area contributed by atoms with Crippen molar-refractivity contribution in [2.75, 3.05) is 6.54 Å². The fraction of sp³-hybridized carbons (Fsp3) is 0.474. The van der Waals surface area contributed by atoms with Crippen LogP contribution < -0.4 is 5.32 Å². The van der Waals surface area contributed by atoms with Crippen LogP contribution in [0.3, 0.4) is 0 Å². The van der Waals surface area contributed by atoms with Gasteiger partial charge in [0.2, 0.25) is 0 Å². The number of nitrogens with one attached hydrogen (secondary N) is 1. The topological polar surface area (TPSA) is 77.1 Å². The Morgan fingerprint density at radius 2 is 1.85 bits per heavy atom. The number of aromatic nitrogens is 5. The Hall–Kier alpha value is -2.64. The first-order valence-electron chi connectivity index (χ1n) is 9.92. The van der Waals surface area contributed by atoms with Gasteiger partial charge in [-0.3, -0.25) is 9.48 Å². The van der Waals surface area contributed by atoms with Gasteiger partial charge in [0.25, 0.3) is 5.91 Å². The van der Waals surface area contributed by atoms with Gasteiger partial charge >= 0.3 is 12.4 Å². The third-order valence-electron chi connectivity index (χ3n) is 5.10. The van der Waals surface area contributed by atoms with Crippen molar-refractivity contribution in [2.24, 2.45) is 0 Å². The SMILES string of the molecule is Cc1cc(C(F)(F)F)n2nc(C(=O)NCCCn3nc(C(F)(F)F)cc3C3CC3)c(Br)c2n1. The first kappa shape index (κ1) is 23.5. The Kier molecular flexibility index (Phi) is 5.91. The Morgan fingerprint density at radius 1 is 1.15 bits per heavy atom. The molecule has 0 atom stereocenters. The summed E-state index contributed by atoms with van der Waals surface area (Å²) in [6.45, 7) is 1.60. The minimum atomic E-state index is -4.70. The lowest BCUT2D eigenvalue weighted by molar-refractivity contribution is -0.143. The number of carbonyl (C=O) groups is 1. The van der Waals surface area contributed by atoms with Gasteiger partial charge in [0.15, 0.2) is 17.0 Å². The van der Waals surface area contributed by atoms with Crippen LogP contribution in [0.15, 0.2) is 16.6 Å². The summed E-state index contributed by atoms with van der Waals surface area (Å²) in [5, 5.41) is 9.94. The van der Waals surface area contributed by atoms with E-state index in [-0.39, 0.29) is 46.9 Å². The van der Waals surface area contributed by atoms with E-state index in [4.69, 9.17) is 0 Å². The normalized spacial score (nSPS) is 14.8. The number of fused-ring (bicyclic) bond motifs is 1. The fourth-order valence-corrected chi connectivity index (χ4v) is 3.95. The maximum Gasteiger partial charge on any atom is 0.435 e. The molecule has 7 nitrogen and oxygen atoms in total. The quantitative estimate of drug-likeness (QED) is 0.363. The number of carbonyl (C=O) groups excluding carboxylic acids is 1. The highest BCUT2D eigenvalue weighted by Gasteiger charge is 2.38. The first-order chi connectivity index (χ1) is 15.4. The summed E-state index contributed by atoms with van der Waals surface area (Å²) in [6.07, 6.45) is -7.38. The number of rotatable bonds is 6. The predicted octanol–water partition coefficient (Wildman–Crippen LogP) is 4.73. The summed E-state index contributed by atoms with van der Waals surface area (Å²) >= 11 is 3.09. The van der Waals surface area contributed by atoms with E-state index in [9.17, 15) is 31.1 Å². The molecule has 33 heavy (non-hydrogen) atoms. The number of amides is 1. The lowest BCUT2D eigenvalue weighted by atomic mass is 10.2. The molecular formula is C19H17BrF6N6O. The molecule has 14 heteroatoms. The molecule has 1 N–H and O–H groups in total. The highest BCUT2D eigenvalue weighted by molar-refractivity contribution is 9.10. The first-order valence-corrected chi connectivity index (χ1v) is 10.7. The summed E-state index contributed by atoms with van der Waals surface area (Å²) in [5.74, 6) is -0.687. The van der Waals surface area contributed by atoms with Crippen LogP contribution in [0.5, 0.6) is 0 Å². The van der Waals surface area contributed by atoms with Gasteiger partial charge < -0.3 is 5.32 Å². The predicted molar refractivity (Wildman–Crippen MR) is 107 cm³/mol. The molecule has 0 unspecified atom stereocenters. The monoisotopic (exact) mass is 538 g/mol. The number of hydrogen-bond acceptors (Lipinski definition) is 4. The standard InChI is InChI=1S/C19H17BrF6N6O/c1-9-7-13(19(24,25)26)32-16(28-9)14(20)15(30-32)17(33)27-5-2-6-31-11(10-3-4-10)8-12(29-31)18(21,22)23/h7-8,10H,2-6H2,1H3,(H,27,33). The maximum absolute atomic E-state index is 13.3. The van der Waals surface area contributed by atoms with E-state index < -0.39 is 29.6 Å². The molecule has 0 aliphatic heterocycles. The molecular weight excluding hydrogens is 522 g/mol. The van der Waals surface area contributed by atoms with Gasteiger partial charge in [-0.25, -0.2) is 9.50 Å². The van der Waals surface area contributed by atoms with Crippen molar-refractivity contribution < 1.29 is 31.1 Å². The van der Waals surface area contributed by atoms with E-state index in [0.717, 1.165) is 25.0 Å². The molecule has 1 aliphatic rings. The van der Waals surface area contributed by atoms with E-state index in [1.807, 2.05) is 0 Å². The molecule has 0 saturated heterocycles. The van der Waals surface area contributed by atoms with E-state index in [0.29, 0.717) is 10.2 Å². The van der Waals surface area contributed by atoms with Crippen molar-refractivity contribution in [1.29, 1.82) is 0 Å². The van der Waals surface area contributed by atoms with Crippen LogP contribution in [-0.2, 0) is 18.9 Å². The van der Waals surface area contributed by atoms with Crippen LogP contribution in [0.4, 0.5) is 26.3 Å². The Labute approximate surface area is 191 Å². The van der Waals surface area contributed by atoms with Crippen LogP contribution in [-0.4, -0.2) is 36.8 Å². The maximum atomic E-state index is 13.3. The van der Waals surface area contributed by atoms with Gasteiger partial charge in [-0.1, -0.05) is 0 Å². The molecule has 0 aromatic carbocycles. The molecule has 0 spiro atoms. The van der Waals surface area contributed by atoms with E-state index in [2.05, 4.69) is 36.4 Å². The molecule has 4 rings (SSSR count). The molecule has 3 aromatic heterocycles. The number of halogens is 7. The summed E-state index contributed by atoms with van der Waals surface area (Å²) in [5.41, 5.74) is -1.85. The van der Waals surface area contributed by atoms with Gasteiger partial charge in [0.1, 0.15) is 5.69 Å². The van der Waals surface area contributed by atoms with Gasteiger partial charge in [-0.2, -0.15) is 36.5 Å². The number of aryl methyl sites for hydroxylation is 2. The highest BCUT2D eigenvalue weighted by atomic mass is 79.9. The largest absolute Gasteiger partial charge is 0.435 e. The van der Waals surface area contributed by atoms with Gasteiger partial charge in [0, 0.05) is 30.4 Å². The van der Waals surface area contributed by atoms with Crippen LogP contribution in [0, 0.1) is 6.92 Å². The van der Waals surface area contributed by atoms with E-state index >= 15 is 0 Å². The molecule has 3 heterocycles. The van der Waals surface area contributed by atoms with Crippen LogP contribution in [0.25, 0.3) is 5.65 Å². The van der Waals surface area contributed by atoms with E-state index in [1.54, 1.807) is 0 Å². The average Bonchev–Trinajstić information content (AvgIpc) is 3.37. The minimum Gasteiger partial charge on any atom is -0.351 e. The average molecular weight is 539 g/mol. The molecule has 0 radical (unpaired) electrons. The second-order valence-electron chi connectivity index (χ2n) is 7.74. The van der Waals surface area contributed by atoms with Crippen LogP contribution in [0.1, 0.15) is 58.4 Å². The second kappa shape index (κ2) is 8.29. The van der Waals surface area contributed by atoms with Gasteiger partial charge in [-0.05, 0) is 54.2 Å². The second-order valence-corrected chi connectivity index (χ2v) is 8.53. The summed E-state index contributed by atoms with van der Waals surface area (Å²) in [7, 11) is 0. The summed E-state index contributed by atoms with van der Waals surface area (Å²) < 4.78 is 80.8. The zero-order valence-corrected chi connectivity index (χ0v) is 18.6. The molecule has 1 amide bonds. The Morgan fingerprint density at radius 3 is 2.45 bits per heavy atom. The lowest BCUT2D eigenvalue weighted by Gasteiger charge is -2.09.